The summed E-state index contributed by atoms with van der Waals surface area (Å²) in [5, 5.41) is 6.99. The molecule has 0 bridgehead atoms. The standard InChI is InChI=1S/C13H27N3.2ClH/c1-2-3-13-10-15-8-9-16(13)11-12-4-6-14-7-5-12;;/h12-15H,2-11H2,1H3;2*1H. The molecule has 0 amide bonds. The van der Waals surface area contributed by atoms with Gasteiger partial charge in [0.2, 0.25) is 0 Å². The van der Waals surface area contributed by atoms with Crippen molar-refractivity contribution in [2.45, 2.75) is 38.6 Å². The van der Waals surface area contributed by atoms with Crippen molar-refractivity contribution in [1.82, 2.24) is 15.5 Å². The molecule has 0 aliphatic carbocycles. The predicted molar refractivity (Wildman–Crippen MR) is 83.2 cm³/mol. The van der Waals surface area contributed by atoms with Crippen LogP contribution in [0, 0.1) is 5.92 Å². The first-order valence-electron chi connectivity index (χ1n) is 7.05. The SMILES string of the molecule is CCCC1CNCCN1CC1CCNCC1.Cl.Cl. The van der Waals surface area contributed by atoms with E-state index in [0.717, 1.165) is 12.0 Å². The van der Waals surface area contributed by atoms with Gasteiger partial charge in [0.1, 0.15) is 0 Å². The second kappa shape index (κ2) is 10.3. The first-order chi connectivity index (χ1) is 7.90. The van der Waals surface area contributed by atoms with E-state index < -0.39 is 0 Å². The average molecular weight is 298 g/mol. The van der Waals surface area contributed by atoms with Gasteiger partial charge in [-0.3, -0.25) is 4.90 Å². The number of hydrogen-bond donors (Lipinski definition) is 2. The van der Waals surface area contributed by atoms with E-state index in [1.54, 1.807) is 0 Å². The van der Waals surface area contributed by atoms with Crippen LogP contribution in [0.25, 0.3) is 0 Å². The van der Waals surface area contributed by atoms with Crippen molar-refractivity contribution in [1.29, 1.82) is 0 Å². The second-order valence-electron chi connectivity index (χ2n) is 5.33. The van der Waals surface area contributed by atoms with Gasteiger partial charge >= 0.3 is 0 Å². The van der Waals surface area contributed by atoms with Gasteiger partial charge in [0.05, 0.1) is 0 Å². The third-order valence-electron chi connectivity index (χ3n) is 4.05. The molecule has 2 aliphatic rings. The summed E-state index contributed by atoms with van der Waals surface area (Å²) in [4.78, 5) is 2.75. The Bertz CT molecular complexity index is 197. The summed E-state index contributed by atoms with van der Waals surface area (Å²) in [6.45, 7) is 9.76. The van der Waals surface area contributed by atoms with Crippen LogP contribution < -0.4 is 10.6 Å². The van der Waals surface area contributed by atoms with Crippen LogP contribution in [-0.4, -0.2) is 50.2 Å². The fourth-order valence-corrected chi connectivity index (χ4v) is 3.06. The minimum absolute atomic E-state index is 0. The van der Waals surface area contributed by atoms with E-state index in [2.05, 4.69) is 22.5 Å². The molecule has 0 radical (unpaired) electrons. The third kappa shape index (κ3) is 5.62. The maximum absolute atomic E-state index is 3.53. The molecule has 18 heavy (non-hydrogen) atoms. The lowest BCUT2D eigenvalue weighted by Crippen LogP contribution is -2.53. The minimum Gasteiger partial charge on any atom is -0.317 e. The van der Waals surface area contributed by atoms with Crippen LogP contribution in [0.5, 0.6) is 0 Å². The van der Waals surface area contributed by atoms with Gasteiger partial charge < -0.3 is 10.6 Å². The number of rotatable bonds is 4. The monoisotopic (exact) mass is 297 g/mol. The molecule has 1 atom stereocenters. The quantitative estimate of drug-likeness (QED) is 0.830. The average Bonchev–Trinajstić information content (AvgIpc) is 2.33. The fourth-order valence-electron chi connectivity index (χ4n) is 3.06. The Balaban J connectivity index is 0.00000144. The Kier molecular flexibility index (Phi) is 10.5. The number of nitrogens with one attached hydrogen (secondary N) is 2. The summed E-state index contributed by atoms with van der Waals surface area (Å²) in [6.07, 6.45) is 5.43. The molecular formula is C13H29Cl2N3. The van der Waals surface area contributed by atoms with Crippen LogP contribution in [-0.2, 0) is 0 Å². The number of piperazine rings is 1. The van der Waals surface area contributed by atoms with Crippen molar-refractivity contribution in [3.05, 3.63) is 0 Å². The lowest BCUT2D eigenvalue weighted by molar-refractivity contribution is 0.119. The summed E-state index contributed by atoms with van der Waals surface area (Å²) < 4.78 is 0. The zero-order chi connectivity index (χ0) is 11.2. The topological polar surface area (TPSA) is 27.3 Å². The molecule has 3 nitrogen and oxygen atoms in total. The first kappa shape index (κ1) is 18.5. The van der Waals surface area contributed by atoms with Gasteiger partial charge in [-0.15, -0.1) is 24.8 Å². The molecule has 0 spiro atoms. The Hall–Kier alpha value is 0.460. The van der Waals surface area contributed by atoms with Crippen LogP contribution in [0.4, 0.5) is 0 Å². The van der Waals surface area contributed by atoms with Crippen LogP contribution in [0.15, 0.2) is 0 Å². The van der Waals surface area contributed by atoms with Gasteiger partial charge in [-0.1, -0.05) is 13.3 Å². The molecule has 2 fully saturated rings. The maximum Gasteiger partial charge on any atom is 0.0221 e. The molecule has 2 saturated heterocycles. The summed E-state index contributed by atoms with van der Waals surface area (Å²) in [5.41, 5.74) is 0. The van der Waals surface area contributed by atoms with Crippen molar-refractivity contribution < 1.29 is 0 Å². The molecule has 2 aliphatic heterocycles. The van der Waals surface area contributed by atoms with Crippen LogP contribution in [0.1, 0.15) is 32.6 Å². The molecule has 0 aromatic carbocycles. The lowest BCUT2D eigenvalue weighted by Gasteiger charge is -2.39. The van der Waals surface area contributed by atoms with E-state index in [0.29, 0.717) is 0 Å². The molecule has 0 aromatic rings. The largest absolute Gasteiger partial charge is 0.317 e. The Morgan fingerprint density at radius 2 is 1.78 bits per heavy atom. The molecule has 2 N–H and O–H groups in total. The van der Waals surface area contributed by atoms with E-state index in [9.17, 15) is 0 Å². The Morgan fingerprint density at radius 3 is 2.44 bits per heavy atom. The Labute approximate surface area is 124 Å². The van der Waals surface area contributed by atoms with E-state index in [1.165, 1.54) is 65.0 Å². The van der Waals surface area contributed by atoms with Crippen molar-refractivity contribution in [3.63, 3.8) is 0 Å². The van der Waals surface area contributed by atoms with Crippen molar-refractivity contribution in [2.24, 2.45) is 5.92 Å². The molecule has 2 rings (SSSR count). The Morgan fingerprint density at radius 1 is 1.06 bits per heavy atom. The molecule has 0 saturated carbocycles. The fraction of sp³-hybridized carbons (Fsp3) is 1.00. The number of nitrogens with zero attached hydrogens (tertiary/aromatic N) is 1. The van der Waals surface area contributed by atoms with Crippen LogP contribution in [0.3, 0.4) is 0 Å². The van der Waals surface area contributed by atoms with Crippen LogP contribution in [0.2, 0.25) is 0 Å². The zero-order valence-corrected chi connectivity index (χ0v) is 13.1. The summed E-state index contributed by atoms with van der Waals surface area (Å²) >= 11 is 0. The third-order valence-corrected chi connectivity index (χ3v) is 4.05. The minimum atomic E-state index is 0. The van der Waals surface area contributed by atoms with E-state index in [-0.39, 0.29) is 24.8 Å². The van der Waals surface area contributed by atoms with Gasteiger partial charge in [0, 0.05) is 32.2 Å². The van der Waals surface area contributed by atoms with Crippen molar-refractivity contribution in [2.75, 3.05) is 39.3 Å². The van der Waals surface area contributed by atoms with Gasteiger partial charge in [0.25, 0.3) is 0 Å². The highest BCUT2D eigenvalue weighted by Gasteiger charge is 2.24. The molecule has 0 aromatic heterocycles. The van der Waals surface area contributed by atoms with Crippen molar-refractivity contribution >= 4 is 24.8 Å². The molecule has 5 heteroatoms. The molecule has 1 unspecified atom stereocenters. The number of hydrogen-bond acceptors (Lipinski definition) is 3. The normalized spacial score (nSPS) is 26.2. The highest BCUT2D eigenvalue weighted by Crippen LogP contribution is 2.17. The van der Waals surface area contributed by atoms with Crippen molar-refractivity contribution in [3.8, 4) is 0 Å². The summed E-state index contributed by atoms with van der Waals surface area (Å²) in [7, 11) is 0. The maximum atomic E-state index is 3.53. The molecule has 110 valence electrons. The van der Waals surface area contributed by atoms with Gasteiger partial charge in [0.15, 0.2) is 0 Å². The zero-order valence-electron chi connectivity index (χ0n) is 11.5. The summed E-state index contributed by atoms with van der Waals surface area (Å²) in [6, 6.07) is 0.800. The first-order valence-corrected chi connectivity index (χ1v) is 7.05. The molecule has 2 heterocycles. The highest BCUT2D eigenvalue weighted by molar-refractivity contribution is 5.85. The second-order valence-corrected chi connectivity index (χ2v) is 5.33. The molecular weight excluding hydrogens is 269 g/mol. The van der Waals surface area contributed by atoms with Crippen LogP contribution >= 0.6 is 24.8 Å². The highest BCUT2D eigenvalue weighted by atomic mass is 35.5. The summed E-state index contributed by atoms with van der Waals surface area (Å²) in [5.74, 6) is 0.943. The smallest absolute Gasteiger partial charge is 0.0221 e. The van der Waals surface area contributed by atoms with E-state index >= 15 is 0 Å². The van der Waals surface area contributed by atoms with Gasteiger partial charge in [-0.05, 0) is 38.3 Å². The lowest BCUT2D eigenvalue weighted by atomic mass is 9.96. The van der Waals surface area contributed by atoms with Gasteiger partial charge in [-0.25, -0.2) is 0 Å². The van der Waals surface area contributed by atoms with Gasteiger partial charge in [-0.2, -0.15) is 0 Å². The van der Waals surface area contributed by atoms with E-state index in [4.69, 9.17) is 0 Å². The van der Waals surface area contributed by atoms with E-state index in [1.807, 2.05) is 0 Å². The number of piperidine rings is 1. The predicted octanol–water partition coefficient (Wildman–Crippen LogP) is 1.90. The number of halogens is 2.